The number of aliphatic imine (C=N–C) groups is 1. The molecule has 0 bridgehead atoms. The summed E-state index contributed by atoms with van der Waals surface area (Å²) < 4.78 is 5.16. The first-order chi connectivity index (χ1) is 11.2. The van der Waals surface area contributed by atoms with Crippen molar-refractivity contribution >= 4 is 29.9 Å². The summed E-state index contributed by atoms with van der Waals surface area (Å²) in [5.41, 5.74) is 1.32. The fraction of sp³-hybridized carbons (Fsp3) is 0.611. The lowest BCUT2D eigenvalue weighted by molar-refractivity contribution is 0.178. The molecule has 0 aliphatic rings. The number of ether oxygens (including phenoxy) is 1. The Morgan fingerprint density at radius 2 is 1.83 bits per heavy atom. The Labute approximate surface area is 164 Å². The highest BCUT2D eigenvalue weighted by Crippen LogP contribution is 2.19. The van der Waals surface area contributed by atoms with E-state index in [1.165, 1.54) is 5.56 Å². The number of guanidine groups is 1. The lowest BCUT2D eigenvalue weighted by Gasteiger charge is -2.31. The first-order valence-electron chi connectivity index (χ1n) is 8.41. The SMILES string of the molecule is CCN(CC)C(CNC(=NC)NC(C)COC)c1ccccc1.I. The third-order valence-corrected chi connectivity index (χ3v) is 3.92. The van der Waals surface area contributed by atoms with Gasteiger partial charge in [0.25, 0.3) is 0 Å². The summed E-state index contributed by atoms with van der Waals surface area (Å²) >= 11 is 0. The number of halogens is 1. The highest BCUT2D eigenvalue weighted by atomic mass is 127. The first kappa shape index (κ1) is 23.1. The molecular formula is C18H33IN4O. The molecule has 2 N–H and O–H groups in total. The fourth-order valence-corrected chi connectivity index (χ4v) is 2.71. The van der Waals surface area contributed by atoms with Crippen LogP contribution in [0.15, 0.2) is 35.3 Å². The van der Waals surface area contributed by atoms with Gasteiger partial charge in [0.05, 0.1) is 12.6 Å². The van der Waals surface area contributed by atoms with Gasteiger partial charge in [-0.1, -0.05) is 44.2 Å². The van der Waals surface area contributed by atoms with Crippen LogP contribution in [0.1, 0.15) is 32.4 Å². The van der Waals surface area contributed by atoms with Gasteiger partial charge < -0.3 is 15.4 Å². The molecular weight excluding hydrogens is 415 g/mol. The fourth-order valence-electron chi connectivity index (χ4n) is 2.71. The molecule has 0 spiro atoms. The number of methoxy groups -OCH3 is 1. The lowest BCUT2D eigenvalue weighted by Crippen LogP contribution is -2.47. The summed E-state index contributed by atoms with van der Waals surface area (Å²) in [6.07, 6.45) is 0. The van der Waals surface area contributed by atoms with E-state index >= 15 is 0 Å². The van der Waals surface area contributed by atoms with E-state index in [0.29, 0.717) is 12.6 Å². The smallest absolute Gasteiger partial charge is 0.191 e. The van der Waals surface area contributed by atoms with Crippen LogP contribution in [-0.2, 0) is 4.74 Å². The van der Waals surface area contributed by atoms with E-state index < -0.39 is 0 Å². The molecule has 2 unspecified atom stereocenters. The van der Waals surface area contributed by atoms with Gasteiger partial charge in [-0.3, -0.25) is 9.89 Å². The number of likely N-dealkylation sites (N-methyl/N-ethyl adjacent to an activating group) is 1. The predicted octanol–water partition coefficient (Wildman–Crippen LogP) is 2.89. The Morgan fingerprint density at radius 1 is 1.21 bits per heavy atom. The zero-order chi connectivity index (χ0) is 17.1. The Balaban J connectivity index is 0.00000529. The van der Waals surface area contributed by atoms with E-state index in [1.54, 1.807) is 14.2 Å². The molecule has 0 amide bonds. The van der Waals surface area contributed by atoms with E-state index in [1.807, 2.05) is 0 Å². The number of hydrogen-bond acceptors (Lipinski definition) is 3. The topological polar surface area (TPSA) is 48.9 Å². The van der Waals surface area contributed by atoms with Gasteiger partial charge in [-0.05, 0) is 25.6 Å². The minimum atomic E-state index is 0. The molecule has 24 heavy (non-hydrogen) atoms. The van der Waals surface area contributed by atoms with Crippen molar-refractivity contribution in [3.05, 3.63) is 35.9 Å². The maximum absolute atomic E-state index is 5.16. The van der Waals surface area contributed by atoms with Crippen LogP contribution in [0.25, 0.3) is 0 Å². The molecule has 0 aliphatic carbocycles. The Hall–Kier alpha value is -0.860. The molecule has 2 atom stereocenters. The van der Waals surface area contributed by atoms with E-state index in [-0.39, 0.29) is 30.0 Å². The summed E-state index contributed by atoms with van der Waals surface area (Å²) in [6, 6.07) is 11.2. The summed E-state index contributed by atoms with van der Waals surface area (Å²) in [5, 5.41) is 6.79. The maximum Gasteiger partial charge on any atom is 0.191 e. The van der Waals surface area contributed by atoms with Crippen LogP contribution in [0, 0.1) is 0 Å². The standard InChI is InChI=1S/C18H32N4O.HI/c1-6-22(7-2)17(16-11-9-8-10-12-16)13-20-18(19-4)21-15(3)14-23-5;/h8-12,15,17H,6-7,13-14H2,1-5H3,(H2,19,20,21);1H. The van der Waals surface area contributed by atoms with E-state index in [0.717, 1.165) is 25.6 Å². The van der Waals surface area contributed by atoms with Crippen LogP contribution in [0.5, 0.6) is 0 Å². The molecule has 0 saturated heterocycles. The normalized spacial score (nSPS) is 14.0. The maximum atomic E-state index is 5.16. The van der Waals surface area contributed by atoms with Crippen molar-refractivity contribution < 1.29 is 4.74 Å². The molecule has 1 aromatic carbocycles. The molecule has 138 valence electrons. The molecule has 0 saturated carbocycles. The minimum absolute atomic E-state index is 0. The molecule has 1 rings (SSSR count). The summed E-state index contributed by atoms with van der Waals surface area (Å²) in [7, 11) is 3.50. The van der Waals surface area contributed by atoms with Gasteiger partial charge >= 0.3 is 0 Å². The number of nitrogens with zero attached hydrogens (tertiary/aromatic N) is 2. The van der Waals surface area contributed by atoms with E-state index in [9.17, 15) is 0 Å². The van der Waals surface area contributed by atoms with E-state index in [2.05, 4.69) is 71.6 Å². The quantitative estimate of drug-likeness (QED) is 0.347. The molecule has 0 radical (unpaired) electrons. The monoisotopic (exact) mass is 448 g/mol. The van der Waals surface area contributed by atoms with Gasteiger partial charge in [0.2, 0.25) is 0 Å². The Morgan fingerprint density at radius 3 is 2.33 bits per heavy atom. The Bertz CT molecular complexity index is 452. The molecule has 0 fully saturated rings. The third-order valence-electron chi connectivity index (χ3n) is 3.92. The average Bonchev–Trinajstić information content (AvgIpc) is 2.58. The molecule has 6 heteroatoms. The molecule has 1 aromatic rings. The van der Waals surface area contributed by atoms with Gasteiger partial charge in [0, 0.05) is 26.7 Å². The summed E-state index contributed by atoms with van der Waals surface area (Å²) in [5.74, 6) is 0.808. The van der Waals surface area contributed by atoms with Gasteiger partial charge in [-0.15, -0.1) is 24.0 Å². The highest BCUT2D eigenvalue weighted by molar-refractivity contribution is 14.0. The Kier molecular flexibility index (Phi) is 13.0. The van der Waals surface area contributed by atoms with Crippen LogP contribution < -0.4 is 10.6 Å². The van der Waals surface area contributed by atoms with Crippen molar-refractivity contribution in [3.8, 4) is 0 Å². The average molecular weight is 448 g/mol. The molecule has 0 aliphatic heterocycles. The van der Waals surface area contributed by atoms with Gasteiger partial charge in [0.1, 0.15) is 0 Å². The third kappa shape index (κ3) is 7.81. The number of benzene rings is 1. The van der Waals surface area contributed by atoms with Crippen molar-refractivity contribution in [2.45, 2.75) is 32.9 Å². The van der Waals surface area contributed by atoms with Crippen LogP contribution in [0.3, 0.4) is 0 Å². The first-order valence-corrected chi connectivity index (χ1v) is 8.41. The van der Waals surface area contributed by atoms with Crippen molar-refractivity contribution in [1.82, 2.24) is 15.5 Å². The van der Waals surface area contributed by atoms with Crippen molar-refractivity contribution in [1.29, 1.82) is 0 Å². The lowest BCUT2D eigenvalue weighted by atomic mass is 10.1. The van der Waals surface area contributed by atoms with Crippen LogP contribution in [0.2, 0.25) is 0 Å². The second-order valence-electron chi connectivity index (χ2n) is 5.60. The highest BCUT2D eigenvalue weighted by Gasteiger charge is 2.18. The van der Waals surface area contributed by atoms with Crippen molar-refractivity contribution in [3.63, 3.8) is 0 Å². The second-order valence-corrected chi connectivity index (χ2v) is 5.60. The van der Waals surface area contributed by atoms with Crippen LogP contribution >= 0.6 is 24.0 Å². The van der Waals surface area contributed by atoms with Gasteiger partial charge in [0.15, 0.2) is 5.96 Å². The zero-order valence-corrected chi connectivity index (χ0v) is 17.9. The van der Waals surface area contributed by atoms with Crippen LogP contribution in [-0.4, -0.2) is 57.3 Å². The molecule has 5 nitrogen and oxygen atoms in total. The van der Waals surface area contributed by atoms with Gasteiger partial charge in [-0.25, -0.2) is 0 Å². The number of hydrogen-bond donors (Lipinski definition) is 2. The summed E-state index contributed by atoms with van der Waals surface area (Å²) in [6.45, 7) is 9.98. The predicted molar refractivity (Wildman–Crippen MR) is 113 cm³/mol. The van der Waals surface area contributed by atoms with Crippen LogP contribution in [0.4, 0.5) is 0 Å². The summed E-state index contributed by atoms with van der Waals surface area (Å²) in [4.78, 5) is 6.76. The largest absolute Gasteiger partial charge is 0.383 e. The van der Waals surface area contributed by atoms with E-state index in [4.69, 9.17) is 4.74 Å². The number of rotatable bonds is 9. The molecule has 0 aromatic heterocycles. The molecule has 0 heterocycles. The number of nitrogens with one attached hydrogen (secondary N) is 2. The van der Waals surface area contributed by atoms with Gasteiger partial charge in [-0.2, -0.15) is 0 Å². The zero-order valence-electron chi connectivity index (χ0n) is 15.6. The minimum Gasteiger partial charge on any atom is -0.383 e. The van der Waals surface area contributed by atoms with Crippen molar-refractivity contribution in [2.24, 2.45) is 4.99 Å². The van der Waals surface area contributed by atoms with Crippen molar-refractivity contribution in [2.75, 3.05) is 40.4 Å². The second kappa shape index (κ2) is 13.4.